The first kappa shape index (κ1) is 43.8. The summed E-state index contributed by atoms with van der Waals surface area (Å²) in [5.41, 5.74) is 17.1. The van der Waals surface area contributed by atoms with Gasteiger partial charge in [-0.25, -0.2) is 0 Å². The van der Waals surface area contributed by atoms with E-state index in [9.17, 15) is 0 Å². The van der Waals surface area contributed by atoms with Crippen LogP contribution >= 0.6 is 15.8 Å². The standard InChI is InChI=1S/C44H32P2.C14H16N2.Ru/c1-5-19-35(20-6-1)45(36-21-7-2-8-22-36)41-31-29-33-17-13-15-27-39(33)43(41)44-40-28-16-14-18-34(40)30-32-42(44)46(37-23-9-3-10-24-37)38-25-11-4-12-26-38;15-13(11-7-3-1-4-8-11)14(16)12-9-5-2-6-10-12;/h1-32H;1-10,13-14H,15-16H2;/t;13-,14-;/m.1./s1. The molecule has 308 valence electrons. The van der Waals surface area contributed by atoms with E-state index >= 15 is 0 Å². The zero-order valence-electron chi connectivity index (χ0n) is 34.8. The van der Waals surface area contributed by atoms with Gasteiger partial charge in [0.1, 0.15) is 0 Å². The van der Waals surface area contributed by atoms with Crippen LogP contribution in [-0.2, 0) is 19.5 Å². The van der Waals surface area contributed by atoms with Crippen LogP contribution in [0.25, 0.3) is 32.7 Å². The van der Waals surface area contributed by atoms with E-state index in [1.165, 1.54) is 64.5 Å². The molecule has 0 aromatic heterocycles. The van der Waals surface area contributed by atoms with Crippen LogP contribution in [0.2, 0.25) is 0 Å². The van der Waals surface area contributed by atoms with Gasteiger partial charge in [-0.3, -0.25) is 0 Å². The maximum atomic E-state index is 6.15. The molecule has 10 aromatic carbocycles. The fourth-order valence-corrected chi connectivity index (χ4v) is 13.3. The quantitative estimate of drug-likeness (QED) is 0.106. The fourth-order valence-electron chi connectivity index (χ4n) is 8.35. The van der Waals surface area contributed by atoms with Crippen molar-refractivity contribution in [3.63, 3.8) is 0 Å². The first-order valence-electron chi connectivity index (χ1n) is 21.1. The molecule has 2 nitrogen and oxygen atoms in total. The summed E-state index contributed by atoms with van der Waals surface area (Å²) in [6, 6.07) is 91.4. The van der Waals surface area contributed by atoms with Crippen LogP contribution in [0.3, 0.4) is 0 Å². The third-order valence-corrected chi connectivity index (χ3v) is 16.3. The normalized spacial score (nSPS) is 12.0. The molecule has 63 heavy (non-hydrogen) atoms. The van der Waals surface area contributed by atoms with Crippen LogP contribution in [0, 0.1) is 0 Å². The maximum absolute atomic E-state index is 6.15. The Hall–Kier alpha value is -5.88. The summed E-state index contributed by atoms with van der Waals surface area (Å²) >= 11 is 0. The molecule has 0 aliphatic heterocycles. The largest absolute Gasteiger partial charge is 0.322 e. The molecule has 0 radical (unpaired) electrons. The zero-order valence-corrected chi connectivity index (χ0v) is 38.3. The van der Waals surface area contributed by atoms with Crippen LogP contribution in [0.5, 0.6) is 0 Å². The third kappa shape index (κ3) is 9.71. The van der Waals surface area contributed by atoms with Crippen molar-refractivity contribution in [2.24, 2.45) is 11.5 Å². The van der Waals surface area contributed by atoms with Crippen molar-refractivity contribution in [3.8, 4) is 11.1 Å². The second kappa shape index (κ2) is 21.0. The summed E-state index contributed by atoms with van der Waals surface area (Å²) in [5.74, 6) is 0. The predicted molar refractivity (Wildman–Crippen MR) is 271 cm³/mol. The Bertz CT molecular complexity index is 2700. The van der Waals surface area contributed by atoms with Crippen LogP contribution in [-0.4, -0.2) is 0 Å². The summed E-state index contributed by atoms with van der Waals surface area (Å²) in [6.07, 6.45) is 0. The Kier molecular flexibility index (Phi) is 14.6. The Balaban J connectivity index is 0.000000271. The number of hydrogen-bond acceptors (Lipinski definition) is 2. The minimum absolute atomic E-state index is 0. The van der Waals surface area contributed by atoms with Crippen LogP contribution in [0.4, 0.5) is 0 Å². The van der Waals surface area contributed by atoms with E-state index in [-0.39, 0.29) is 31.6 Å². The van der Waals surface area contributed by atoms with Crippen molar-refractivity contribution in [2.75, 3.05) is 0 Å². The average Bonchev–Trinajstić information content (AvgIpc) is 3.36. The zero-order chi connectivity index (χ0) is 42.1. The van der Waals surface area contributed by atoms with E-state index < -0.39 is 15.8 Å². The molecule has 0 spiro atoms. The molecule has 0 unspecified atom stereocenters. The minimum Gasteiger partial charge on any atom is -0.322 e. The Morgan fingerprint density at radius 1 is 0.270 bits per heavy atom. The van der Waals surface area contributed by atoms with Gasteiger partial charge in [-0.05, 0) is 91.5 Å². The molecule has 0 fully saturated rings. The van der Waals surface area contributed by atoms with E-state index in [2.05, 4.69) is 194 Å². The topological polar surface area (TPSA) is 52.0 Å². The van der Waals surface area contributed by atoms with Crippen LogP contribution in [0.1, 0.15) is 23.2 Å². The molecular weight excluding hydrogens is 888 g/mol. The van der Waals surface area contributed by atoms with E-state index in [0.29, 0.717) is 0 Å². The van der Waals surface area contributed by atoms with Gasteiger partial charge in [0.25, 0.3) is 0 Å². The van der Waals surface area contributed by atoms with Gasteiger partial charge in [0.05, 0.1) is 0 Å². The minimum atomic E-state index is -0.852. The third-order valence-electron chi connectivity index (χ3n) is 11.4. The van der Waals surface area contributed by atoms with Crippen LogP contribution < -0.4 is 43.3 Å². The van der Waals surface area contributed by atoms with Gasteiger partial charge in [0.15, 0.2) is 0 Å². The average molecular weight is 936 g/mol. The fraction of sp³-hybridized carbons (Fsp3) is 0.0345. The summed E-state index contributed by atoms with van der Waals surface area (Å²) in [5, 5.41) is 13.3. The number of rotatable bonds is 10. The molecule has 10 aromatic rings. The molecule has 0 amide bonds. The van der Waals surface area contributed by atoms with Gasteiger partial charge in [-0.1, -0.05) is 255 Å². The molecular formula is C58H48N2P2Ru. The summed E-state index contributed by atoms with van der Waals surface area (Å²) < 4.78 is 0. The van der Waals surface area contributed by atoms with Crippen molar-refractivity contribution in [1.29, 1.82) is 0 Å². The van der Waals surface area contributed by atoms with Crippen molar-refractivity contribution in [2.45, 2.75) is 12.1 Å². The Morgan fingerprint density at radius 2 is 0.524 bits per heavy atom. The maximum Gasteiger partial charge on any atom is 0.0491 e. The molecule has 10 rings (SSSR count). The van der Waals surface area contributed by atoms with Gasteiger partial charge in [0, 0.05) is 31.6 Å². The van der Waals surface area contributed by atoms with Crippen molar-refractivity contribution < 1.29 is 19.5 Å². The van der Waals surface area contributed by atoms with Gasteiger partial charge < -0.3 is 11.5 Å². The summed E-state index contributed by atoms with van der Waals surface area (Å²) in [6.45, 7) is 0. The van der Waals surface area contributed by atoms with Crippen molar-refractivity contribution >= 4 is 69.2 Å². The number of nitrogens with two attached hydrogens (primary N) is 2. The molecule has 0 heterocycles. The second-order valence-electron chi connectivity index (χ2n) is 15.2. The Morgan fingerprint density at radius 3 is 0.825 bits per heavy atom. The summed E-state index contributed by atoms with van der Waals surface area (Å²) in [7, 11) is -1.70. The first-order chi connectivity index (χ1) is 30.7. The molecule has 0 saturated carbocycles. The molecule has 0 bridgehead atoms. The SMILES string of the molecule is N[C@H](c1ccccc1)[C@H](N)c1ccccc1.[Ru].c1ccc(P(c2ccccc2)c2ccc3ccccc3c2-c2c(P(c3ccccc3)c3ccccc3)ccc3ccccc23)cc1. The van der Waals surface area contributed by atoms with E-state index in [1.807, 2.05) is 60.7 Å². The second-order valence-corrected chi connectivity index (χ2v) is 19.6. The van der Waals surface area contributed by atoms with Crippen molar-refractivity contribution in [3.05, 3.63) is 266 Å². The smallest absolute Gasteiger partial charge is 0.0491 e. The van der Waals surface area contributed by atoms with Gasteiger partial charge >= 0.3 is 0 Å². The monoisotopic (exact) mass is 936 g/mol. The molecule has 0 saturated heterocycles. The molecule has 0 aliphatic carbocycles. The van der Waals surface area contributed by atoms with Gasteiger partial charge in [-0.2, -0.15) is 0 Å². The molecule has 2 atom stereocenters. The first-order valence-corrected chi connectivity index (χ1v) is 23.8. The van der Waals surface area contributed by atoms with Gasteiger partial charge in [0.2, 0.25) is 0 Å². The summed E-state index contributed by atoms with van der Waals surface area (Å²) in [4.78, 5) is 0. The van der Waals surface area contributed by atoms with Crippen LogP contribution in [0.15, 0.2) is 255 Å². The molecule has 4 N–H and O–H groups in total. The number of fused-ring (bicyclic) bond motifs is 2. The van der Waals surface area contributed by atoms with Gasteiger partial charge in [-0.15, -0.1) is 0 Å². The van der Waals surface area contributed by atoms with E-state index in [4.69, 9.17) is 11.5 Å². The predicted octanol–water partition coefficient (Wildman–Crippen LogP) is 11.6. The van der Waals surface area contributed by atoms with E-state index in [0.717, 1.165) is 11.1 Å². The molecule has 0 aliphatic rings. The molecule has 5 heteroatoms. The number of benzene rings is 10. The van der Waals surface area contributed by atoms with Crippen molar-refractivity contribution in [1.82, 2.24) is 0 Å². The van der Waals surface area contributed by atoms with E-state index in [1.54, 1.807) is 0 Å². The Labute approximate surface area is 386 Å². The number of hydrogen-bond donors (Lipinski definition) is 2.